The first-order chi connectivity index (χ1) is 9.65. The van der Waals surface area contributed by atoms with Crippen molar-refractivity contribution < 1.29 is 14.3 Å². The monoisotopic (exact) mass is 268 g/mol. The van der Waals surface area contributed by atoms with Gasteiger partial charge in [0, 0.05) is 16.7 Å². The number of hydrogen-bond acceptors (Lipinski definition) is 2. The Morgan fingerprint density at radius 1 is 1.10 bits per heavy atom. The van der Waals surface area contributed by atoms with Gasteiger partial charge in [-0.15, -0.1) is 0 Å². The van der Waals surface area contributed by atoms with Crippen LogP contribution < -0.4 is 0 Å². The van der Waals surface area contributed by atoms with E-state index in [0.29, 0.717) is 29.5 Å². The van der Waals surface area contributed by atoms with Crippen molar-refractivity contribution in [1.29, 1.82) is 0 Å². The molecule has 0 bridgehead atoms. The lowest BCUT2D eigenvalue weighted by Gasteiger charge is -2.17. The molecule has 0 heterocycles. The molecule has 2 aromatic rings. The van der Waals surface area contributed by atoms with Crippen molar-refractivity contribution in [2.24, 2.45) is 0 Å². The van der Waals surface area contributed by atoms with Gasteiger partial charge in [-0.1, -0.05) is 18.2 Å². The molecule has 2 aromatic carbocycles. The van der Waals surface area contributed by atoms with Gasteiger partial charge < -0.3 is 5.11 Å². The molecule has 0 aliphatic heterocycles. The van der Waals surface area contributed by atoms with Gasteiger partial charge in [-0.05, 0) is 48.7 Å². The van der Waals surface area contributed by atoms with Crippen LogP contribution in [0.15, 0.2) is 48.0 Å². The highest BCUT2D eigenvalue weighted by Gasteiger charge is 2.22. The van der Waals surface area contributed by atoms with E-state index in [1.165, 1.54) is 12.1 Å². The normalized spacial score (nSPS) is 16.2. The average Bonchev–Trinajstić information content (AvgIpc) is 2.44. The lowest BCUT2D eigenvalue weighted by atomic mass is 9.86. The van der Waals surface area contributed by atoms with Gasteiger partial charge in [0.15, 0.2) is 5.78 Å². The van der Waals surface area contributed by atoms with E-state index in [-0.39, 0.29) is 17.3 Å². The predicted octanol–water partition coefficient (Wildman–Crippen LogP) is 3.74. The molecule has 0 aromatic heterocycles. The molecule has 0 amide bonds. The maximum Gasteiger partial charge on any atom is 0.189 e. The third kappa shape index (κ3) is 2.23. The van der Waals surface area contributed by atoms with Crippen LogP contribution in [0.25, 0.3) is 6.08 Å². The molecule has 0 atom stereocenters. The number of aryl methyl sites for hydroxylation is 1. The van der Waals surface area contributed by atoms with Gasteiger partial charge in [0.05, 0.1) is 0 Å². The Morgan fingerprint density at radius 2 is 1.90 bits per heavy atom. The molecule has 1 N–H and O–H groups in total. The van der Waals surface area contributed by atoms with E-state index in [1.54, 1.807) is 36.4 Å². The first kappa shape index (κ1) is 12.6. The van der Waals surface area contributed by atoms with Gasteiger partial charge in [-0.25, -0.2) is 4.39 Å². The molecule has 100 valence electrons. The van der Waals surface area contributed by atoms with E-state index in [1.807, 2.05) is 0 Å². The SMILES string of the molecule is O=C1/C(=C/c2ccccc2F)CCc2cc(O)ccc21. The summed E-state index contributed by atoms with van der Waals surface area (Å²) >= 11 is 0. The number of halogens is 1. The zero-order valence-electron chi connectivity index (χ0n) is 10.8. The fourth-order valence-electron chi connectivity index (χ4n) is 2.48. The molecular formula is C17H13FO2. The van der Waals surface area contributed by atoms with Crippen molar-refractivity contribution in [1.82, 2.24) is 0 Å². The number of carbonyl (C=O) groups is 1. The Kier molecular flexibility index (Phi) is 3.11. The fraction of sp³-hybridized carbons (Fsp3) is 0.118. The smallest absolute Gasteiger partial charge is 0.189 e. The van der Waals surface area contributed by atoms with Crippen LogP contribution in [0, 0.1) is 5.82 Å². The molecular weight excluding hydrogens is 255 g/mol. The van der Waals surface area contributed by atoms with Crippen LogP contribution in [0.1, 0.15) is 27.9 Å². The Balaban J connectivity index is 2.00. The molecule has 2 nitrogen and oxygen atoms in total. The Bertz CT molecular complexity index is 717. The molecule has 1 aliphatic rings. The van der Waals surface area contributed by atoms with Gasteiger partial charge >= 0.3 is 0 Å². The zero-order chi connectivity index (χ0) is 14.1. The van der Waals surface area contributed by atoms with Crippen LogP contribution in [-0.4, -0.2) is 10.9 Å². The number of rotatable bonds is 1. The number of aromatic hydroxyl groups is 1. The van der Waals surface area contributed by atoms with Gasteiger partial charge in [0.1, 0.15) is 11.6 Å². The number of carbonyl (C=O) groups excluding carboxylic acids is 1. The van der Waals surface area contributed by atoms with Gasteiger partial charge in [0.2, 0.25) is 0 Å². The van der Waals surface area contributed by atoms with Crippen molar-refractivity contribution >= 4 is 11.9 Å². The third-order valence-electron chi connectivity index (χ3n) is 3.52. The molecule has 0 fully saturated rings. The molecule has 0 unspecified atom stereocenters. The molecule has 3 heteroatoms. The van der Waals surface area contributed by atoms with Crippen LogP contribution in [-0.2, 0) is 6.42 Å². The van der Waals surface area contributed by atoms with Crippen molar-refractivity contribution in [3.05, 3.63) is 70.5 Å². The molecule has 0 spiro atoms. The minimum atomic E-state index is -0.329. The number of hydrogen-bond donors (Lipinski definition) is 1. The van der Waals surface area contributed by atoms with Gasteiger partial charge in [0.25, 0.3) is 0 Å². The second-order valence-corrected chi connectivity index (χ2v) is 4.86. The van der Waals surface area contributed by atoms with Crippen molar-refractivity contribution in [3.8, 4) is 5.75 Å². The minimum Gasteiger partial charge on any atom is -0.508 e. The number of fused-ring (bicyclic) bond motifs is 1. The first-order valence-electron chi connectivity index (χ1n) is 6.47. The van der Waals surface area contributed by atoms with Crippen LogP contribution in [0.2, 0.25) is 0 Å². The Hall–Kier alpha value is -2.42. The quantitative estimate of drug-likeness (QED) is 0.800. The topological polar surface area (TPSA) is 37.3 Å². The summed E-state index contributed by atoms with van der Waals surface area (Å²) in [5, 5.41) is 9.44. The molecule has 3 rings (SSSR count). The maximum atomic E-state index is 13.6. The molecule has 0 saturated carbocycles. The van der Waals surface area contributed by atoms with Crippen LogP contribution >= 0.6 is 0 Å². The lowest BCUT2D eigenvalue weighted by molar-refractivity contribution is 0.102. The van der Waals surface area contributed by atoms with E-state index >= 15 is 0 Å². The summed E-state index contributed by atoms with van der Waals surface area (Å²) in [5.41, 5.74) is 2.48. The summed E-state index contributed by atoms with van der Waals surface area (Å²) in [7, 11) is 0. The van der Waals surface area contributed by atoms with Crippen molar-refractivity contribution in [3.63, 3.8) is 0 Å². The number of phenolic OH excluding ortho intramolecular Hbond substituents is 1. The number of Topliss-reactive ketones (excluding diaryl/α,β-unsaturated/α-hetero) is 1. The summed E-state index contributed by atoms with van der Waals surface area (Å²) in [5.74, 6) is -0.253. The lowest BCUT2D eigenvalue weighted by Crippen LogP contribution is -2.13. The number of benzene rings is 2. The molecule has 0 saturated heterocycles. The third-order valence-corrected chi connectivity index (χ3v) is 3.52. The van der Waals surface area contributed by atoms with Crippen LogP contribution in [0.3, 0.4) is 0 Å². The molecule has 0 radical (unpaired) electrons. The summed E-state index contributed by atoms with van der Waals surface area (Å²) in [6, 6.07) is 11.2. The second-order valence-electron chi connectivity index (χ2n) is 4.86. The summed E-state index contributed by atoms with van der Waals surface area (Å²) in [6.07, 6.45) is 2.85. The maximum absolute atomic E-state index is 13.6. The highest BCUT2D eigenvalue weighted by molar-refractivity contribution is 6.13. The summed E-state index contributed by atoms with van der Waals surface area (Å²) < 4.78 is 13.6. The van der Waals surface area contributed by atoms with E-state index in [0.717, 1.165) is 5.56 Å². The van der Waals surface area contributed by atoms with E-state index in [4.69, 9.17) is 0 Å². The predicted molar refractivity (Wildman–Crippen MR) is 75.1 cm³/mol. The molecule has 1 aliphatic carbocycles. The van der Waals surface area contributed by atoms with E-state index in [9.17, 15) is 14.3 Å². The number of phenols is 1. The van der Waals surface area contributed by atoms with Crippen LogP contribution in [0.5, 0.6) is 5.75 Å². The molecule has 20 heavy (non-hydrogen) atoms. The van der Waals surface area contributed by atoms with Crippen LogP contribution in [0.4, 0.5) is 4.39 Å². The first-order valence-corrected chi connectivity index (χ1v) is 6.47. The Labute approximate surface area is 116 Å². The highest BCUT2D eigenvalue weighted by Crippen LogP contribution is 2.29. The summed E-state index contributed by atoms with van der Waals surface area (Å²) in [6.45, 7) is 0. The Morgan fingerprint density at radius 3 is 2.70 bits per heavy atom. The van der Waals surface area contributed by atoms with Crippen molar-refractivity contribution in [2.45, 2.75) is 12.8 Å². The fourth-order valence-corrected chi connectivity index (χ4v) is 2.48. The van der Waals surface area contributed by atoms with Gasteiger partial charge in [-0.3, -0.25) is 4.79 Å². The second kappa shape index (κ2) is 4.93. The highest BCUT2D eigenvalue weighted by atomic mass is 19.1. The standard InChI is InChI=1S/C17H13FO2/c18-16-4-2-1-3-12(16)9-13-6-5-11-10-14(19)7-8-15(11)17(13)20/h1-4,7-10,19H,5-6H2/b13-9+. The van der Waals surface area contributed by atoms with Crippen molar-refractivity contribution in [2.75, 3.05) is 0 Å². The summed E-state index contributed by atoms with van der Waals surface area (Å²) in [4.78, 5) is 12.4. The minimum absolute atomic E-state index is 0.0884. The number of ketones is 1. The average molecular weight is 268 g/mol. The largest absolute Gasteiger partial charge is 0.508 e. The van der Waals surface area contributed by atoms with E-state index in [2.05, 4.69) is 0 Å². The zero-order valence-corrected chi connectivity index (χ0v) is 10.8. The number of allylic oxidation sites excluding steroid dienone is 1. The van der Waals surface area contributed by atoms with Gasteiger partial charge in [-0.2, -0.15) is 0 Å². The van der Waals surface area contributed by atoms with E-state index < -0.39 is 0 Å².